The van der Waals surface area contributed by atoms with E-state index in [4.69, 9.17) is 5.73 Å². The molecule has 3 N–H and O–H groups in total. The normalized spacial score (nSPS) is 15.0. The highest BCUT2D eigenvalue weighted by Gasteiger charge is 2.31. The summed E-state index contributed by atoms with van der Waals surface area (Å²) in [7, 11) is 0. The maximum Gasteiger partial charge on any atom is 0.573 e. The Bertz CT molecular complexity index is 447. The second-order valence-corrected chi connectivity index (χ2v) is 5.84. The van der Waals surface area contributed by atoms with Gasteiger partial charge >= 0.3 is 6.36 Å². The molecule has 0 unspecified atom stereocenters. The molecule has 0 saturated heterocycles. The minimum atomic E-state index is -4.74. The predicted molar refractivity (Wildman–Crippen MR) is 77.4 cm³/mol. The number of ether oxygens (including phenoxy) is 1. The minimum absolute atomic E-state index is 0. The third kappa shape index (κ3) is 7.02. The van der Waals surface area contributed by atoms with Gasteiger partial charge in [0.2, 0.25) is 0 Å². The number of aliphatic hydroxyl groups excluding tert-OH is 1. The summed E-state index contributed by atoms with van der Waals surface area (Å²) in [5.74, 6) is -0.349. The van der Waals surface area contributed by atoms with E-state index in [-0.39, 0.29) is 36.0 Å². The van der Waals surface area contributed by atoms with E-state index in [0.29, 0.717) is 5.56 Å². The summed E-state index contributed by atoms with van der Waals surface area (Å²) >= 11 is 0. The van der Waals surface area contributed by atoms with E-state index in [1.165, 1.54) is 18.2 Å². The molecule has 0 saturated carbocycles. The molecule has 1 aromatic rings. The number of aliphatic hydroxyl groups is 1. The van der Waals surface area contributed by atoms with Gasteiger partial charge in [-0.15, -0.1) is 25.6 Å². The van der Waals surface area contributed by atoms with Crippen LogP contribution in [0.5, 0.6) is 5.75 Å². The highest BCUT2D eigenvalue weighted by Crippen LogP contribution is 2.29. The molecule has 21 heavy (non-hydrogen) atoms. The molecule has 0 heterocycles. The molecule has 0 amide bonds. The number of hydrogen-bond acceptors (Lipinski definition) is 3. The smallest absolute Gasteiger partial charge is 0.406 e. The molecular weight excluding hydrogens is 307 g/mol. The van der Waals surface area contributed by atoms with Crippen molar-refractivity contribution in [1.82, 2.24) is 0 Å². The Kier molecular flexibility index (Phi) is 6.99. The summed E-state index contributed by atoms with van der Waals surface area (Å²) in [6.07, 6.45) is -5.41. The van der Waals surface area contributed by atoms with Crippen LogP contribution in [0, 0.1) is 5.41 Å². The van der Waals surface area contributed by atoms with Crippen molar-refractivity contribution < 1.29 is 23.0 Å². The van der Waals surface area contributed by atoms with Gasteiger partial charge < -0.3 is 15.6 Å². The van der Waals surface area contributed by atoms with Crippen molar-refractivity contribution in [2.75, 3.05) is 0 Å². The van der Waals surface area contributed by atoms with Crippen LogP contribution in [0.15, 0.2) is 24.3 Å². The molecule has 0 radical (unpaired) electrons. The summed E-state index contributed by atoms with van der Waals surface area (Å²) in [4.78, 5) is 0. The largest absolute Gasteiger partial charge is 0.573 e. The second kappa shape index (κ2) is 7.33. The van der Waals surface area contributed by atoms with Gasteiger partial charge in [-0.2, -0.15) is 0 Å². The molecule has 3 nitrogen and oxygen atoms in total. The summed E-state index contributed by atoms with van der Waals surface area (Å²) in [5.41, 5.74) is 6.12. The van der Waals surface area contributed by atoms with E-state index in [1.807, 2.05) is 20.8 Å². The number of rotatable bonds is 4. The molecule has 2 atom stereocenters. The SMILES string of the molecule is CC(C)(C)[C@H](N)C[C@@H](O)c1cccc(OC(F)(F)F)c1.Cl. The van der Waals surface area contributed by atoms with Gasteiger partial charge in [0.25, 0.3) is 0 Å². The molecule has 7 heteroatoms. The molecule has 122 valence electrons. The van der Waals surface area contributed by atoms with Gasteiger partial charge in [-0.1, -0.05) is 32.9 Å². The monoisotopic (exact) mass is 327 g/mol. The van der Waals surface area contributed by atoms with Crippen LogP contribution in [0.1, 0.15) is 38.9 Å². The number of halogens is 4. The number of nitrogens with two attached hydrogens (primary N) is 1. The Morgan fingerprint density at radius 2 is 1.81 bits per heavy atom. The van der Waals surface area contributed by atoms with Crippen LogP contribution < -0.4 is 10.5 Å². The highest BCUT2D eigenvalue weighted by atomic mass is 35.5. The molecule has 0 aromatic heterocycles. The summed E-state index contributed by atoms with van der Waals surface area (Å²) in [6, 6.07) is 5.04. The number of benzene rings is 1. The van der Waals surface area contributed by atoms with Gasteiger partial charge in [0.05, 0.1) is 6.10 Å². The van der Waals surface area contributed by atoms with Gasteiger partial charge in [-0.25, -0.2) is 0 Å². The second-order valence-electron chi connectivity index (χ2n) is 5.84. The van der Waals surface area contributed by atoms with Crippen LogP contribution >= 0.6 is 12.4 Å². The fraction of sp³-hybridized carbons (Fsp3) is 0.571. The maximum atomic E-state index is 12.1. The van der Waals surface area contributed by atoms with Crippen molar-refractivity contribution in [2.24, 2.45) is 11.1 Å². The third-order valence-electron chi connectivity index (χ3n) is 3.07. The predicted octanol–water partition coefficient (Wildman–Crippen LogP) is 3.80. The van der Waals surface area contributed by atoms with Crippen LogP contribution in [-0.2, 0) is 0 Å². The zero-order valence-corrected chi connectivity index (χ0v) is 13.0. The first kappa shape index (κ1) is 20.0. The summed E-state index contributed by atoms with van der Waals surface area (Å²) in [5, 5.41) is 10.1. The first-order valence-corrected chi connectivity index (χ1v) is 6.28. The van der Waals surface area contributed by atoms with Gasteiger partial charge in [-0.3, -0.25) is 0 Å². The van der Waals surface area contributed by atoms with Crippen LogP contribution in [0.2, 0.25) is 0 Å². The van der Waals surface area contributed by atoms with Crippen molar-refractivity contribution in [2.45, 2.75) is 45.7 Å². The molecule has 0 aliphatic heterocycles. The third-order valence-corrected chi connectivity index (χ3v) is 3.07. The van der Waals surface area contributed by atoms with Gasteiger partial charge in [-0.05, 0) is 29.5 Å². The van der Waals surface area contributed by atoms with E-state index in [1.54, 1.807) is 6.07 Å². The summed E-state index contributed by atoms with van der Waals surface area (Å²) in [6.45, 7) is 5.81. The Morgan fingerprint density at radius 3 is 2.29 bits per heavy atom. The summed E-state index contributed by atoms with van der Waals surface area (Å²) < 4.78 is 40.2. The molecule has 1 aromatic carbocycles. The van der Waals surface area contributed by atoms with Crippen molar-refractivity contribution in [3.63, 3.8) is 0 Å². The lowest BCUT2D eigenvalue weighted by atomic mass is 9.83. The van der Waals surface area contributed by atoms with Crippen molar-refractivity contribution in [1.29, 1.82) is 0 Å². The van der Waals surface area contributed by atoms with Crippen molar-refractivity contribution in [3.8, 4) is 5.75 Å². The van der Waals surface area contributed by atoms with E-state index in [0.717, 1.165) is 0 Å². The topological polar surface area (TPSA) is 55.5 Å². The van der Waals surface area contributed by atoms with Gasteiger partial charge in [0.15, 0.2) is 0 Å². The van der Waals surface area contributed by atoms with Crippen molar-refractivity contribution >= 4 is 12.4 Å². The fourth-order valence-electron chi connectivity index (χ4n) is 1.65. The fourth-order valence-corrected chi connectivity index (χ4v) is 1.65. The van der Waals surface area contributed by atoms with Crippen LogP contribution in [0.4, 0.5) is 13.2 Å². The zero-order valence-electron chi connectivity index (χ0n) is 12.1. The zero-order chi connectivity index (χ0) is 15.6. The lowest BCUT2D eigenvalue weighted by molar-refractivity contribution is -0.274. The quantitative estimate of drug-likeness (QED) is 0.884. The van der Waals surface area contributed by atoms with Crippen molar-refractivity contribution in [3.05, 3.63) is 29.8 Å². The lowest BCUT2D eigenvalue weighted by Gasteiger charge is -2.29. The minimum Gasteiger partial charge on any atom is -0.406 e. The van der Waals surface area contributed by atoms with E-state index in [9.17, 15) is 18.3 Å². The van der Waals surface area contributed by atoms with Crippen LogP contribution in [-0.4, -0.2) is 17.5 Å². The number of hydrogen-bond donors (Lipinski definition) is 2. The highest BCUT2D eigenvalue weighted by molar-refractivity contribution is 5.85. The number of alkyl halides is 3. The first-order valence-electron chi connectivity index (χ1n) is 6.28. The lowest BCUT2D eigenvalue weighted by Crippen LogP contribution is -2.36. The molecule has 0 aliphatic rings. The Balaban J connectivity index is 0.00000400. The van der Waals surface area contributed by atoms with Crippen LogP contribution in [0.3, 0.4) is 0 Å². The van der Waals surface area contributed by atoms with Crippen LogP contribution in [0.25, 0.3) is 0 Å². The molecule has 0 bridgehead atoms. The Morgan fingerprint density at radius 1 is 1.24 bits per heavy atom. The molecule has 1 rings (SSSR count). The van der Waals surface area contributed by atoms with E-state index < -0.39 is 12.5 Å². The Hall–Kier alpha value is -0.980. The van der Waals surface area contributed by atoms with E-state index >= 15 is 0 Å². The standard InChI is InChI=1S/C14H20F3NO2.ClH/c1-13(2,3)12(18)8-11(19)9-5-4-6-10(7-9)20-14(15,16)17;/h4-7,11-12,19H,8,18H2,1-3H3;1H/t11-,12-;/m1./s1. The maximum absolute atomic E-state index is 12.1. The Labute approximate surface area is 128 Å². The first-order chi connectivity index (χ1) is 8.99. The molecule has 0 aliphatic carbocycles. The molecule has 0 spiro atoms. The average Bonchev–Trinajstić information content (AvgIpc) is 2.25. The van der Waals surface area contributed by atoms with E-state index in [2.05, 4.69) is 4.74 Å². The van der Waals surface area contributed by atoms with Gasteiger partial charge in [0, 0.05) is 6.04 Å². The van der Waals surface area contributed by atoms with Gasteiger partial charge in [0.1, 0.15) is 5.75 Å². The molecular formula is C14H21ClF3NO2. The average molecular weight is 328 g/mol. The molecule has 0 fully saturated rings.